The van der Waals surface area contributed by atoms with Crippen molar-refractivity contribution in [3.8, 4) is 0 Å². The highest BCUT2D eigenvalue weighted by molar-refractivity contribution is 5.20. The first-order chi connectivity index (χ1) is 8.60. The Balaban J connectivity index is 2.14. The maximum absolute atomic E-state index is 13.0. The van der Waals surface area contributed by atoms with Crippen LogP contribution < -0.4 is 5.73 Å². The summed E-state index contributed by atoms with van der Waals surface area (Å²) in [5, 5.41) is 0. The van der Waals surface area contributed by atoms with Crippen molar-refractivity contribution in [1.29, 1.82) is 0 Å². The molecule has 0 bridgehead atoms. The summed E-state index contributed by atoms with van der Waals surface area (Å²) in [7, 11) is 0. The van der Waals surface area contributed by atoms with E-state index in [4.69, 9.17) is 5.73 Å². The summed E-state index contributed by atoms with van der Waals surface area (Å²) in [6, 6.07) is 7.52. The smallest absolute Gasteiger partial charge is 0.123 e. The summed E-state index contributed by atoms with van der Waals surface area (Å²) >= 11 is 0. The van der Waals surface area contributed by atoms with Gasteiger partial charge in [-0.25, -0.2) is 4.39 Å². The zero-order chi connectivity index (χ0) is 13.1. The van der Waals surface area contributed by atoms with Crippen LogP contribution in [-0.2, 0) is 0 Å². The van der Waals surface area contributed by atoms with Crippen LogP contribution in [0, 0.1) is 11.7 Å². The largest absolute Gasteiger partial charge is 0.327 e. The van der Waals surface area contributed by atoms with Gasteiger partial charge in [0.1, 0.15) is 5.82 Å². The second-order valence-electron chi connectivity index (χ2n) is 5.53. The molecule has 100 valence electrons. The minimum absolute atomic E-state index is 0.169. The Labute approximate surface area is 109 Å². The third-order valence-electron chi connectivity index (χ3n) is 3.80. The number of piperidine rings is 1. The molecular formula is C15H23FN2. The average molecular weight is 250 g/mol. The number of nitrogens with zero attached hydrogens (tertiary/aromatic N) is 1. The topological polar surface area (TPSA) is 29.3 Å². The third kappa shape index (κ3) is 3.09. The minimum Gasteiger partial charge on any atom is -0.327 e. The van der Waals surface area contributed by atoms with E-state index in [1.165, 1.54) is 5.56 Å². The van der Waals surface area contributed by atoms with E-state index < -0.39 is 0 Å². The molecule has 1 aromatic carbocycles. The minimum atomic E-state index is -0.169. The maximum atomic E-state index is 13.0. The van der Waals surface area contributed by atoms with Gasteiger partial charge in [0.25, 0.3) is 0 Å². The Morgan fingerprint density at radius 2 is 2.00 bits per heavy atom. The number of hydrogen-bond acceptors (Lipinski definition) is 2. The van der Waals surface area contributed by atoms with Gasteiger partial charge in [-0.05, 0) is 36.5 Å². The second-order valence-corrected chi connectivity index (χ2v) is 5.53. The van der Waals surface area contributed by atoms with Crippen LogP contribution in [-0.4, -0.2) is 24.0 Å². The molecule has 1 heterocycles. The molecule has 3 unspecified atom stereocenters. The number of nitrogens with two attached hydrogens (primary N) is 1. The normalized spacial score (nSPS) is 27.1. The number of likely N-dealkylation sites (tertiary alicyclic amines) is 1. The fraction of sp³-hybridized carbons (Fsp3) is 0.600. The molecule has 0 aromatic heterocycles. The van der Waals surface area contributed by atoms with Crippen LogP contribution in [0.3, 0.4) is 0 Å². The van der Waals surface area contributed by atoms with E-state index in [0.717, 1.165) is 25.9 Å². The highest BCUT2D eigenvalue weighted by Gasteiger charge is 2.27. The maximum Gasteiger partial charge on any atom is 0.123 e. The van der Waals surface area contributed by atoms with Crippen molar-refractivity contribution in [1.82, 2.24) is 4.90 Å². The van der Waals surface area contributed by atoms with E-state index in [9.17, 15) is 4.39 Å². The Morgan fingerprint density at radius 3 is 2.56 bits per heavy atom. The van der Waals surface area contributed by atoms with Gasteiger partial charge >= 0.3 is 0 Å². The van der Waals surface area contributed by atoms with E-state index in [-0.39, 0.29) is 11.9 Å². The van der Waals surface area contributed by atoms with Gasteiger partial charge in [0, 0.05) is 25.2 Å². The van der Waals surface area contributed by atoms with E-state index >= 15 is 0 Å². The molecule has 1 saturated heterocycles. The van der Waals surface area contributed by atoms with Crippen LogP contribution in [0.25, 0.3) is 0 Å². The fourth-order valence-electron chi connectivity index (χ4n) is 3.09. The van der Waals surface area contributed by atoms with Gasteiger partial charge in [0.05, 0.1) is 0 Å². The SMILES string of the molecule is CCC(c1ccc(F)cc1)N1CC(C)CC(N)C1. The van der Waals surface area contributed by atoms with E-state index in [1.807, 2.05) is 12.1 Å². The van der Waals surface area contributed by atoms with E-state index in [1.54, 1.807) is 12.1 Å². The van der Waals surface area contributed by atoms with Crippen molar-refractivity contribution < 1.29 is 4.39 Å². The van der Waals surface area contributed by atoms with Gasteiger partial charge in [0.15, 0.2) is 0 Å². The van der Waals surface area contributed by atoms with Crippen molar-refractivity contribution >= 4 is 0 Å². The monoisotopic (exact) mass is 250 g/mol. The molecule has 0 aliphatic carbocycles. The molecule has 3 atom stereocenters. The van der Waals surface area contributed by atoms with Crippen LogP contribution in [0.1, 0.15) is 38.3 Å². The second kappa shape index (κ2) is 5.81. The van der Waals surface area contributed by atoms with Crippen molar-refractivity contribution in [2.24, 2.45) is 11.7 Å². The number of hydrogen-bond donors (Lipinski definition) is 1. The first-order valence-corrected chi connectivity index (χ1v) is 6.85. The molecule has 3 heteroatoms. The fourth-order valence-corrected chi connectivity index (χ4v) is 3.09. The van der Waals surface area contributed by atoms with Gasteiger partial charge in [-0.15, -0.1) is 0 Å². The van der Waals surface area contributed by atoms with Gasteiger partial charge < -0.3 is 5.73 Å². The predicted molar refractivity (Wildman–Crippen MR) is 72.8 cm³/mol. The standard InChI is InChI=1S/C15H23FN2/c1-3-15(12-4-6-13(16)7-5-12)18-9-11(2)8-14(17)10-18/h4-7,11,14-15H,3,8-10,17H2,1-2H3. The Kier molecular flexibility index (Phi) is 4.36. The molecular weight excluding hydrogens is 227 g/mol. The van der Waals surface area contributed by atoms with Crippen LogP contribution in [0.2, 0.25) is 0 Å². The number of halogens is 1. The first-order valence-electron chi connectivity index (χ1n) is 6.85. The summed E-state index contributed by atoms with van der Waals surface area (Å²) in [4.78, 5) is 2.45. The van der Waals surface area contributed by atoms with Gasteiger partial charge in [-0.2, -0.15) is 0 Å². The summed E-state index contributed by atoms with van der Waals surface area (Å²) in [6.07, 6.45) is 2.14. The van der Waals surface area contributed by atoms with Crippen molar-refractivity contribution in [2.75, 3.05) is 13.1 Å². The van der Waals surface area contributed by atoms with Crippen molar-refractivity contribution in [3.63, 3.8) is 0 Å². The summed E-state index contributed by atoms with van der Waals surface area (Å²) in [6.45, 7) is 6.46. The highest BCUT2D eigenvalue weighted by Crippen LogP contribution is 2.28. The molecule has 1 aromatic rings. The first kappa shape index (κ1) is 13.5. The Morgan fingerprint density at radius 1 is 1.33 bits per heavy atom. The molecule has 1 fully saturated rings. The molecule has 2 N–H and O–H groups in total. The molecule has 1 aliphatic rings. The lowest BCUT2D eigenvalue weighted by Gasteiger charge is -2.40. The van der Waals surface area contributed by atoms with Gasteiger partial charge in [-0.1, -0.05) is 26.0 Å². The van der Waals surface area contributed by atoms with Crippen LogP contribution in [0.15, 0.2) is 24.3 Å². The zero-order valence-corrected chi connectivity index (χ0v) is 11.3. The molecule has 2 nitrogen and oxygen atoms in total. The lowest BCUT2D eigenvalue weighted by atomic mass is 9.92. The highest BCUT2D eigenvalue weighted by atomic mass is 19.1. The molecule has 0 saturated carbocycles. The summed E-state index contributed by atoms with van der Waals surface area (Å²) in [5.41, 5.74) is 7.30. The van der Waals surface area contributed by atoms with Gasteiger partial charge in [-0.3, -0.25) is 4.90 Å². The van der Waals surface area contributed by atoms with Crippen LogP contribution >= 0.6 is 0 Å². The Bertz CT molecular complexity index is 367. The summed E-state index contributed by atoms with van der Waals surface area (Å²) in [5.74, 6) is 0.473. The van der Waals surface area contributed by atoms with Crippen LogP contribution in [0.4, 0.5) is 4.39 Å². The third-order valence-corrected chi connectivity index (χ3v) is 3.80. The average Bonchev–Trinajstić information content (AvgIpc) is 2.31. The molecule has 1 aliphatic heterocycles. The summed E-state index contributed by atoms with van der Waals surface area (Å²) < 4.78 is 13.0. The van der Waals surface area contributed by atoms with E-state index in [0.29, 0.717) is 12.0 Å². The lowest BCUT2D eigenvalue weighted by Crippen LogP contribution is -2.47. The van der Waals surface area contributed by atoms with E-state index in [2.05, 4.69) is 18.7 Å². The lowest BCUT2D eigenvalue weighted by molar-refractivity contribution is 0.112. The molecule has 0 spiro atoms. The predicted octanol–water partition coefficient (Wildman–Crippen LogP) is 2.95. The van der Waals surface area contributed by atoms with Gasteiger partial charge in [0.2, 0.25) is 0 Å². The van der Waals surface area contributed by atoms with Crippen LogP contribution in [0.5, 0.6) is 0 Å². The molecule has 2 rings (SSSR count). The molecule has 18 heavy (non-hydrogen) atoms. The Hall–Kier alpha value is -0.930. The number of benzene rings is 1. The quantitative estimate of drug-likeness (QED) is 0.893. The number of rotatable bonds is 3. The molecule has 0 radical (unpaired) electrons. The van der Waals surface area contributed by atoms with Crippen molar-refractivity contribution in [3.05, 3.63) is 35.6 Å². The zero-order valence-electron chi connectivity index (χ0n) is 11.3. The molecule has 0 amide bonds. The van der Waals surface area contributed by atoms with Crippen molar-refractivity contribution in [2.45, 2.75) is 38.8 Å².